The van der Waals surface area contributed by atoms with Crippen LogP contribution in [0.25, 0.3) is 65.7 Å². The molecule has 0 aliphatic carbocycles. The molecular weight excluding hydrogens is 558 g/mol. The van der Waals surface area contributed by atoms with Crippen molar-refractivity contribution in [2.24, 2.45) is 0 Å². The zero-order valence-corrected chi connectivity index (χ0v) is 25.1. The van der Waals surface area contributed by atoms with Gasteiger partial charge < -0.3 is 9.32 Å². The molecule has 0 saturated carbocycles. The van der Waals surface area contributed by atoms with Gasteiger partial charge in [0.15, 0.2) is 0 Å². The molecule has 46 heavy (non-hydrogen) atoms. The minimum Gasteiger partial charge on any atom is -0.456 e. The number of rotatable bonds is 5. The second-order valence-corrected chi connectivity index (χ2v) is 11.8. The molecule has 0 fully saturated rings. The van der Waals surface area contributed by atoms with E-state index in [1.54, 1.807) is 0 Å². The van der Waals surface area contributed by atoms with Gasteiger partial charge in [0.25, 0.3) is 0 Å². The Bertz CT molecular complexity index is 2550. The minimum atomic E-state index is 0.901. The maximum absolute atomic E-state index is 6.25. The van der Waals surface area contributed by atoms with Crippen LogP contribution in [0.4, 0.5) is 17.1 Å². The van der Waals surface area contributed by atoms with Gasteiger partial charge in [0.1, 0.15) is 11.2 Å². The summed E-state index contributed by atoms with van der Waals surface area (Å²) in [6.45, 7) is 0. The van der Waals surface area contributed by atoms with E-state index in [1.807, 2.05) is 12.1 Å². The Labute approximate surface area is 267 Å². The molecule has 8 aromatic carbocycles. The fraction of sp³-hybridized carbons (Fsp3) is 0. The Balaban J connectivity index is 1.25. The Hall–Kier alpha value is -6.12. The number of furan rings is 1. The van der Waals surface area contributed by atoms with Gasteiger partial charge in [-0.05, 0) is 86.9 Å². The van der Waals surface area contributed by atoms with Crippen LogP contribution in [0, 0.1) is 0 Å². The number of para-hydroxylation sites is 1. The van der Waals surface area contributed by atoms with E-state index >= 15 is 0 Å². The third kappa shape index (κ3) is 4.43. The van der Waals surface area contributed by atoms with Gasteiger partial charge in [-0.15, -0.1) is 0 Å². The van der Waals surface area contributed by atoms with Crippen molar-refractivity contribution >= 4 is 60.5 Å². The van der Waals surface area contributed by atoms with Gasteiger partial charge in [-0.1, -0.05) is 127 Å². The fourth-order valence-corrected chi connectivity index (χ4v) is 6.85. The lowest BCUT2D eigenvalue weighted by molar-refractivity contribution is 0.669. The number of hydrogen-bond donors (Lipinski definition) is 0. The van der Waals surface area contributed by atoms with E-state index in [4.69, 9.17) is 4.42 Å². The molecule has 9 aromatic rings. The van der Waals surface area contributed by atoms with Crippen molar-refractivity contribution in [1.29, 1.82) is 0 Å². The van der Waals surface area contributed by atoms with Gasteiger partial charge in [-0.3, -0.25) is 0 Å². The zero-order valence-electron chi connectivity index (χ0n) is 25.1. The summed E-state index contributed by atoms with van der Waals surface area (Å²) in [4.78, 5) is 2.39. The highest BCUT2D eigenvalue weighted by Gasteiger charge is 2.18. The van der Waals surface area contributed by atoms with Crippen molar-refractivity contribution in [3.05, 3.63) is 176 Å². The summed E-state index contributed by atoms with van der Waals surface area (Å²) in [5.41, 5.74) is 9.82. The summed E-state index contributed by atoms with van der Waals surface area (Å²) in [5.74, 6) is 0. The molecule has 216 valence electrons. The first-order valence-electron chi connectivity index (χ1n) is 15.7. The first-order chi connectivity index (χ1) is 22.8. The second kappa shape index (κ2) is 10.8. The maximum Gasteiger partial charge on any atom is 0.136 e. The third-order valence-electron chi connectivity index (χ3n) is 9.01. The molecule has 9 rings (SSSR count). The number of nitrogens with zero attached hydrogens (tertiary/aromatic N) is 1. The Morgan fingerprint density at radius 3 is 1.85 bits per heavy atom. The van der Waals surface area contributed by atoms with Crippen molar-refractivity contribution in [1.82, 2.24) is 0 Å². The molecule has 0 aliphatic heterocycles. The van der Waals surface area contributed by atoms with E-state index in [2.05, 4.69) is 169 Å². The van der Waals surface area contributed by atoms with E-state index in [0.717, 1.165) is 50.1 Å². The first-order valence-corrected chi connectivity index (χ1v) is 15.7. The van der Waals surface area contributed by atoms with Gasteiger partial charge in [-0.2, -0.15) is 0 Å². The lowest BCUT2D eigenvalue weighted by Crippen LogP contribution is -2.10. The molecule has 0 bridgehead atoms. The molecule has 1 aromatic heterocycles. The van der Waals surface area contributed by atoms with Crippen molar-refractivity contribution < 1.29 is 4.42 Å². The van der Waals surface area contributed by atoms with Gasteiger partial charge >= 0.3 is 0 Å². The Morgan fingerprint density at radius 1 is 0.370 bits per heavy atom. The average molecular weight is 588 g/mol. The SMILES string of the molecule is c1cc(-c2ccc3ccccc3c2)cc(N(c2cccc(-c3cccc4oc5ccccc5c34)c2)c2cccc3ccccc23)c1. The Kier molecular flexibility index (Phi) is 6.17. The van der Waals surface area contributed by atoms with Crippen molar-refractivity contribution in [2.75, 3.05) is 4.90 Å². The van der Waals surface area contributed by atoms with Gasteiger partial charge in [0.05, 0.1) is 5.69 Å². The van der Waals surface area contributed by atoms with Crippen LogP contribution in [0.5, 0.6) is 0 Å². The highest BCUT2D eigenvalue weighted by Crippen LogP contribution is 2.43. The van der Waals surface area contributed by atoms with Gasteiger partial charge in [0, 0.05) is 27.5 Å². The monoisotopic (exact) mass is 587 g/mol. The van der Waals surface area contributed by atoms with Crippen LogP contribution in [-0.4, -0.2) is 0 Å². The van der Waals surface area contributed by atoms with Gasteiger partial charge in [-0.25, -0.2) is 0 Å². The molecule has 0 unspecified atom stereocenters. The quantitative estimate of drug-likeness (QED) is 0.199. The molecule has 0 atom stereocenters. The predicted octanol–water partition coefficient (Wildman–Crippen LogP) is 12.7. The average Bonchev–Trinajstić information content (AvgIpc) is 3.51. The molecule has 0 saturated heterocycles. The third-order valence-corrected chi connectivity index (χ3v) is 9.01. The van der Waals surface area contributed by atoms with Crippen LogP contribution in [0.1, 0.15) is 0 Å². The van der Waals surface area contributed by atoms with Crippen LogP contribution in [0.15, 0.2) is 180 Å². The smallest absolute Gasteiger partial charge is 0.136 e. The predicted molar refractivity (Wildman–Crippen MR) is 194 cm³/mol. The van der Waals surface area contributed by atoms with Gasteiger partial charge in [0.2, 0.25) is 0 Å². The number of hydrogen-bond acceptors (Lipinski definition) is 2. The summed E-state index contributed by atoms with van der Waals surface area (Å²) in [6, 6.07) is 62.9. The molecule has 2 heteroatoms. The Morgan fingerprint density at radius 2 is 0.978 bits per heavy atom. The standard InChI is InChI=1S/C44H29NO/c1-2-13-32-27-34(26-25-30(32)11-1)33-15-7-17-36(28-33)45(41-22-9-14-31-12-3-4-19-38(31)41)37-18-8-16-35(29-37)39-21-10-24-43-44(39)40-20-5-6-23-42(40)46-43/h1-29H. The van der Waals surface area contributed by atoms with Crippen LogP contribution >= 0.6 is 0 Å². The summed E-state index contributed by atoms with van der Waals surface area (Å²) in [5, 5.41) is 7.18. The van der Waals surface area contributed by atoms with E-state index in [-0.39, 0.29) is 0 Å². The van der Waals surface area contributed by atoms with E-state index in [9.17, 15) is 0 Å². The minimum absolute atomic E-state index is 0.901. The van der Waals surface area contributed by atoms with Crippen LogP contribution in [0.3, 0.4) is 0 Å². The van der Waals surface area contributed by atoms with Crippen LogP contribution < -0.4 is 4.90 Å². The topological polar surface area (TPSA) is 16.4 Å². The lowest BCUT2D eigenvalue weighted by Gasteiger charge is -2.28. The fourth-order valence-electron chi connectivity index (χ4n) is 6.85. The highest BCUT2D eigenvalue weighted by molar-refractivity contribution is 6.12. The number of benzene rings is 8. The number of anilines is 3. The summed E-state index contributed by atoms with van der Waals surface area (Å²) < 4.78 is 6.25. The molecule has 0 amide bonds. The lowest BCUT2D eigenvalue weighted by atomic mass is 9.98. The zero-order chi connectivity index (χ0) is 30.5. The highest BCUT2D eigenvalue weighted by atomic mass is 16.3. The normalized spacial score (nSPS) is 11.5. The number of fused-ring (bicyclic) bond motifs is 5. The van der Waals surface area contributed by atoms with Crippen molar-refractivity contribution in [3.63, 3.8) is 0 Å². The maximum atomic E-state index is 6.25. The molecular formula is C44H29NO. The first kappa shape index (κ1) is 26.3. The van der Waals surface area contributed by atoms with E-state index in [1.165, 1.54) is 32.7 Å². The summed E-state index contributed by atoms with van der Waals surface area (Å²) >= 11 is 0. The van der Waals surface area contributed by atoms with Crippen molar-refractivity contribution in [3.8, 4) is 22.3 Å². The summed E-state index contributed by atoms with van der Waals surface area (Å²) in [6.07, 6.45) is 0. The van der Waals surface area contributed by atoms with E-state index in [0.29, 0.717) is 0 Å². The molecule has 0 radical (unpaired) electrons. The van der Waals surface area contributed by atoms with Crippen LogP contribution in [-0.2, 0) is 0 Å². The van der Waals surface area contributed by atoms with E-state index < -0.39 is 0 Å². The molecule has 0 spiro atoms. The van der Waals surface area contributed by atoms with Crippen LogP contribution in [0.2, 0.25) is 0 Å². The molecule has 0 N–H and O–H groups in total. The molecule has 2 nitrogen and oxygen atoms in total. The molecule has 1 heterocycles. The second-order valence-electron chi connectivity index (χ2n) is 11.8. The van der Waals surface area contributed by atoms with Crippen molar-refractivity contribution in [2.45, 2.75) is 0 Å². The summed E-state index contributed by atoms with van der Waals surface area (Å²) in [7, 11) is 0. The molecule has 0 aliphatic rings. The largest absolute Gasteiger partial charge is 0.456 e.